The number of fused-ring (bicyclic) bond motifs is 4. The van der Waals surface area contributed by atoms with Crippen molar-refractivity contribution in [3.8, 4) is 0 Å². The van der Waals surface area contributed by atoms with Crippen molar-refractivity contribution < 1.29 is 85.1 Å². The third-order valence-corrected chi connectivity index (χ3v) is 15.6. The molecule has 5 aromatic rings. The number of nitrogens with one attached hydrogen (secondary N) is 5. The molecule has 8 heterocycles. The molecule has 4 aliphatic heterocycles. The summed E-state index contributed by atoms with van der Waals surface area (Å²) >= 11 is 0. The fourth-order valence-electron chi connectivity index (χ4n) is 9.65. The van der Waals surface area contributed by atoms with Gasteiger partial charge in [-0.15, -0.1) is 0 Å². The molecular formula is C46H57N15O20P2. The molecule has 446 valence electrons. The van der Waals surface area contributed by atoms with Crippen LogP contribution >= 0.6 is 15.6 Å². The molecule has 83 heavy (non-hydrogen) atoms. The van der Waals surface area contributed by atoms with Crippen molar-refractivity contribution in [3.63, 3.8) is 0 Å². The fraction of sp³-hybridized carbons (Fsp3) is 0.478. The average molecular weight is 1200 g/mol. The van der Waals surface area contributed by atoms with Gasteiger partial charge < -0.3 is 56.5 Å². The Balaban J connectivity index is 0.939. The van der Waals surface area contributed by atoms with E-state index in [1.807, 2.05) is 0 Å². The molecule has 0 radical (unpaired) electrons. The van der Waals surface area contributed by atoms with Gasteiger partial charge in [0.15, 0.2) is 34.8 Å². The summed E-state index contributed by atoms with van der Waals surface area (Å²) in [6, 6.07) is 1.31. The van der Waals surface area contributed by atoms with Gasteiger partial charge in [0.05, 0.1) is 33.0 Å². The van der Waals surface area contributed by atoms with E-state index in [0.29, 0.717) is 19.3 Å². The fourth-order valence-corrected chi connectivity index (χ4v) is 11.6. The number of nitrogens with zero attached hydrogens (tertiary/aromatic N) is 8. The van der Waals surface area contributed by atoms with E-state index in [4.69, 9.17) is 43.8 Å². The molecule has 1 aromatic carbocycles. The Kier molecular flexibility index (Phi) is 17.4. The van der Waals surface area contributed by atoms with Gasteiger partial charge in [-0.1, -0.05) is 20.3 Å². The number of imide groups is 1. The van der Waals surface area contributed by atoms with Gasteiger partial charge in [0.1, 0.15) is 48.6 Å². The summed E-state index contributed by atoms with van der Waals surface area (Å²) < 4.78 is 69.9. The molecule has 0 saturated carbocycles. The summed E-state index contributed by atoms with van der Waals surface area (Å²) in [4.78, 5) is 149. The Bertz CT molecular complexity index is 3570. The zero-order chi connectivity index (χ0) is 59.8. The number of H-pyrrole nitrogens is 2. The molecule has 0 spiro atoms. The summed E-state index contributed by atoms with van der Waals surface area (Å²) in [6.07, 6.45) is -7.70. The van der Waals surface area contributed by atoms with E-state index in [1.165, 1.54) is 43.3 Å². The number of unbranched alkanes of at least 4 members (excludes halogenated alkanes) is 2. The van der Waals surface area contributed by atoms with Gasteiger partial charge >= 0.3 is 21.7 Å². The minimum Gasteiger partial charge on any atom is -0.452 e. The molecule has 0 bridgehead atoms. The molecule has 0 aliphatic carbocycles. The number of carbonyl (C=O) groups is 6. The Morgan fingerprint density at radius 1 is 0.783 bits per heavy atom. The highest BCUT2D eigenvalue weighted by atomic mass is 31.2. The Morgan fingerprint density at radius 2 is 1.33 bits per heavy atom. The molecule has 12 N–H and O–H groups in total. The van der Waals surface area contributed by atoms with Crippen LogP contribution in [-0.2, 0) is 65.4 Å². The maximum absolute atomic E-state index is 14.2. The zero-order valence-corrected chi connectivity index (χ0v) is 46.1. The van der Waals surface area contributed by atoms with Gasteiger partial charge in [-0.05, 0) is 49.9 Å². The summed E-state index contributed by atoms with van der Waals surface area (Å²) in [7, 11) is -9.87. The first-order chi connectivity index (χ1) is 39.3. The Labute approximate surface area is 467 Å². The third kappa shape index (κ3) is 12.9. The van der Waals surface area contributed by atoms with Crippen molar-refractivity contribution in [1.29, 1.82) is 0 Å². The molecule has 37 heteroatoms. The van der Waals surface area contributed by atoms with Gasteiger partial charge in [-0.25, -0.2) is 23.9 Å². The number of methoxy groups -OCH3 is 1. The van der Waals surface area contributed by atoms with Crippen molar-refractivity contribution >= 4 is 96.9 Å². The van der Waals surface area contributed by atoms with E-state index < -0.39 is 149 Å². The number of hydrogen-bond donors (Lipinski definition) is 10. The van der Waals surface area contributed by atoms with Crippen molar-refractivity contribution in [3.05, 3.63) is 69.8 Å². The smallest absolute Gasteiger partial charge is 0.452 e. The number of aliphatic hydroxyl groups is 1. The molecule has 9 rings (SSSR count). The number of aliphatic hydroxyl groups excluding tert-OH is 1. The maximum atomic E-state index is 14.2. The van der Waals surface area contributed by atoms with Gasteiger partial charge in [0, 0.05) is 36.5 Å². The van der Waals surface area contributed by atoms with E-state index in [-0.39, 0.29) is 52.6 Å². The first-order valence-electron chi connectivity index (χ1n) is 25.5. The molecule has 3 fully saturated rings. The quantitative estimate of drug-likeness (QED) is 0.0332. The minimum atomic E-state index is -5.48. The average Bonchev–Trinajstić information content (AvgIpc) is 4.37. The predicted octanol–water partition coefficient (Wildman–Crippen LogP) is -0.698. The second-order valence-electron chi connectivity index (χ2n) is 19.7. The van der Waals surface area contributed by atoms with Crippen LogP contribution in [0.25, 0.3) is 22.3 Å². The minimum absolute atomic E-state index is 0.0543. The molecule has 4 aliphatic rings. The Morgan fingerprint density at radius 3 is 1.89 bits per heavy atom. The van der Waals surface area contributed by atoms with Gasteiger partial charge in [-0.3, -0.25) is 80.6 Å². The number of aromatic amines is 2. The van der Waals surface area contributed by atoms with E-state index in [2.05, 4.69) is 45.9 Å². The van der Waals surface area contributed by atoms with Crippen molar-refractivity contribution in [2.45, 2.75) is 108 Å². The first kappa shape index (κ1) is 59.8. The lowest BCUT2D eigenvalue weighted by Gasteiger charge is -2.35. The number of ether oxygens (including phenoxy) is 3. The predicted molar refractivity (Wildman–Crippen MR) is 283 cm³/mol. The number of hydrogen-bond acceptors (Lipinski definition) is 24. The van der Waals surface area contributed by atoms with Gasteiger partial charge in [0.25, 0.3) is 22.9 Å². The van der Waals surface area contributed by atoms with Crippen LogP contribution < -0.4 is 43.4 Å². The number of nitrogen functional groups attached to an aromatic ring is 2. The molecule has 12 atom stereocenters. The van der Waals surface area contributed by atoms with Crippen LogP contribution in [0, 0.1) is 5.92 Å². The maximum Gasteiger partial charge on any atom is 0.472 e. The van der Waals surface area contributed by atoms with Crippen LogP contribution in [0.5, 0.6) is 0 Å². The monoisotopic (exact) mass is 1200 g/mol. The molecular weight excluding hydrogens is 1140 g/mol. The highest BCUT2D eigenvalue weighted by Crippen LogP contribution is 2.54. The number of rotatable bonds is 16. The summed E-state index contributed by atoms with van der Waals surface area (Å²) in [5, 5.41) is 19.5. The van der Waals surface area contributed by atoms with E-state index in [0.717, 1.165) is 38.7 Å². The molecule has 2 unspecified atom stereocenters. The third-order valence-electron chi connectivity index (χ3n) is 13.7. The SMILES string of the molecule is COC(=O)N(c1ccc(NC(=O)[C@H](C)NC(=O)[C@@H](NC(=O)CCCCCN2C(=O)C=CC2=O)C(C)C)cc1)[C@H]1[C@H]2OP(=O)(O)OC[C@H]3O[C@@H](n4cnc5c(=O)[nH]c(N)nc54)[C@@H](O)[C@@H]3OP(=O)(O)OC[C@H]2O[C@H]1n1cnc2c(=O)[nH]c(N)nc21. The Hall–Kier alpha value is -7.82. The number of benzene rings is 1. The highest BCUT2D eigenvalue weighted by Gasteiger charge is 2.57. The van der Waals surface area contributed by atoms with Crippen LogP contribution in [0.15, 0.2) is 58.7 Å². The zero-order valence-electron chi connectivity index (χ0n) is 44.3. The lowest BCUT2D eigenvalue weighted by atomic mass is 10.0. The largest absolute Gasteiger partial charge is 0.472 e. The number of phosphoric acid groups is 2. The lowest BCUT2D eigenvalue weighted by Crippen LogP contribution is -2.53. The van der Waals surface area contributed by atoms with Gasteiger partial charge in [0.2, 0.25) is 29.6 Å². The molecule has 4 aromatic heterocycles. The van der Waals surface area contributed by atoms with Crippen LogP contribution in [0.4, 0.5) is 28.1 Å². The first-order valence-corrected chi connectivity index (χ1v) is 28.5. The number of nitrogens with two attached hydrogens (primary N) is 2. The van der Waals surface area contributed by atoms with E-state index in [1.54, 1.807) is 13.8 Å². The number of anilines is 4. The molecule has 6 amide bonds. The van der Waals surface area contributed by atoms with Crippen molar-refractivity contribution in [2.75, 3.05) is 48.6 Å². The number of imidazole rings is 2. The van der Waals surface area contributed by atoms with Crippen molar-refractivity contribution in [1.82, 2.24) is 54.6 Å². The second kappa shape index (κ2) is 24.2. The van der Waals surface area contributed by atoms with Crippen LogP contribution in [0.1, 0.15) is 58.9 Å². The molecule has 35 nitrogen and oxygen atoms in total. The number of amides is 6. The summed E-state index contributed by atoms with van der Waals surface area (Å²) in [6.45, 7) is 2.95. The van der Waals surface area contributed by atoms with E-state index >= 15 is 0 Å². The number of aromatic nitrogens is 8. The van der Waals surface area contributed by atoms with Crippen molar-refractivity contribution in [2.24, 2.45) is 5.92 Å². The normalized spacial score (nSPS) is 27.2. The van der Waals surface area contributed by atoms with Crippen LogP contribution in [0.3, 0.4) is 0 Å². The second-order valence-corrected chi connectivity index (χ2v) is 22.5. The topological polar surface area (TPSA) is 484 Å². The van der Waals surface area contributed by atoms with Gasteiger partial charge in [-0.2, -0.15) is 9.97 Å². The van der Waals surface area contributed by atoms with E-state index in [9.17, 15) is 62.4 Å². The lowest BCUT2D eigenvalue weighted by molar-refractivity contribution is -0.137. The highest BCUT2D eigenvalue weighted by molar-refractivity contribution is 7.47. The standard InChI is InChI=1S/C46H57N15O20P2/c1-20(2)29(53-26(62)8-6-5-7-15-58-27(63)13-14-28(58)64)39(67)51-21(3)38(66)52-22-9-11-23(12-10-22)61(46(70)75-4)32-34-24(78-42(32)59-18-49-30-36(59)54-44(47)56-40(30)68)16-76-83(73,74)81-35-25(17-77-82(71,72)80-34)79-43(33(35)65)60-19-50-31-37(60)55-45(48)57-41(31)69/h9-14,18-21,24-25,29,32-35,42-43,65H,5-8,15-17H2,1-4H3,(H,51,67)(H,52,66)(H,53,62)(H,71,72)(H,73,74)(H3,47,54,56,68)(H3,48,55,57,69)/t21-,24+,25+,29-,32-,33-,34-,35+,42+,43+/m0/s1. The summed E-state index contributed by atoms with van der Waals surface area (Å²) in [5.41, 5.74) is 9.18. The van der Waals surface area contributed by atoms with Crippen LogP contribution in [0.2, 0.25) is 0 Å². The van der Waals surface area contributed by atoms with Crippen LogP contribution in [-0.4, -0.2) is 170 Å². The number of phosphoric ester groups is 2. The summed E-state index contributed by atoms with van der Waals surface area (Å²) in [5.74, 6) is -3.72. The number of carbonyl (C=O) groups excluding carboxylic acids is 6. The molecule has 3 saturated heterocycles.